The number of rotatable bonds is 60. The van der Waals surface area contributed by atoms with E-state index in [0.717, 1.165) is 64.2 Å². The molecule has 0 aliphatic carbocycles. The molecule has 14 nitrogen and oxygen atoms in total. The smallest absolute Gasteiger partial charge is 0.220 e. The van der Waals surface area contributed by atoms with Crippen molar-refractivity contribution in [2.45, 2.75) is 396 Å². The van der Waals surface area contributed by atoms with Gasteiger partial charge < -0.3 is 65.1 Å². The van der Waals surface area contributed by atoms with E-state index in [2.05, 4.69) is 55.6 Å². The molecule has 2 rings (SSSR count). The molecule has 0 bridgehead atoms. The van der Waals surface area contributed by atoms with E-state index >= 15 is 0 Å². The van der Waals surface area contributed by atoms with E-state index in [-0.39, 0.29) is 12.5 Å². The lowest BCUT2D eigenvalue weighted by Gasteiger charge is -2.46. The minimum Gasteiger partial charge on any atom is -0.394 e. The predicted molar refractivity (Wildman–Crippen MR) is 351 cm³/mol. The lowest BCUT2D eigenvalue weighted by atomic mass is 9.97. The highest BCUT2D eigenvalue weighted by Crippen LogP contribution is 2.30. The van der Waals surface area contributed by atoms with Crippen LogP contribution in [0.1, 0.15) is 322 Å². The van der Waals surface area contributed by atoms with Crippen molar-refractivity contribution in [1.29, 1.82) is 0 Å². The number of amides is 1. The fraction of sp³-hybridized carbons (Fsp3) is 0.903. The number of aliphatic hydroxyl groups excluding tert-OH is 8. The normalized spacial score (nSPS) is 23.6. The third-order valence-electron chi connectivity index (χ3n) is 17.9. The number of hydrogen-bond acceptors (Lipinski definition) is 13. The van der Waals surface area contributed by atoms with E-state index in [1.807, 2.05) is 0 Å². The van der Waals surface area contributed by atoms with Gasteiger partial charge >= 0.3 is 0 Å². The summed E-state index contributed by atoms with van der Waals surface area (Å²) in [5, 5.41) is 87.7. The number of unbranched alkanes of at least 4 members (excludes halogenated alkanes) is 41. The van der Waals surface area contributed by atoms with Gasteiger partial charge in [-0.05, 0) is 51.4 Å². The van der Waals surface area contributed by atoms with E-state index in [4.69, 9.17) is 18.9 Å². The molecule has 0 radical (unpaired) electrons. The molecule has 1 amide bonds. The Hall–Kier alpha value is -1.79. The summed E-state index contributed by atoms with van der Waals surface area (Å²) in [7, 11) is 0. The second-order valence-corrected chi connectivity index (χ2v) is 25.7. The van der Waals surface area contributed by atoms with Crippen LogP contribution in [0.4, 0.5) is 0 Å². The lowest BCUT2D eigenvalue weighted by Crippen LogP contribution is -2.65. The average molecular weight is 1220 g/mol. The fourth-order valence-corrected chi connectivity index (χ4v) is 12.1. The summed E-state index contributed by atoms with van der Waals surface area (Å²) in [5.74, 6) is -0.210. The fourth-order valence-electron chi connectivity index (χ4n) is 12.1. The minimum atomic E-state index is -1.78. The average Bonchev–Trinajstić information content (AvgIpc) is 2.54. The zero-order chi connectivity index (χ0) is 62.3. The van der Waals surface area contributed by atoms with Crippen LogP contribution in [-0.4, -0.2) is 140 Å². The number of carbonyl (C=O) groups excluding carboxylic acids is 1. The van der Waals surface area contributed by atoms with Gasteiger partial charge in [0, 0.05) is 6.42 Å². The second-order valence-electron chi connectivity index (χ2n) is 25.7. The molecule has 9 N–H and O–H groups in total. The van der Waals surface area contributed by atoms with Gasteiger partial charge in [-0.2, -0.15) is 0 Å². The van der Waals surface area contributed by atoms with E-state index in [9.17, 15) is 45.6 Å². The van der Waals surface area contributed by atoms with E-state index in [1.165, 1.54) is 225 Å². The van der Waals surface area contributed by atoms with Crippen LogP contribution < -0.4 is 5.32 Å². The van der Waals surface area contributed by atoms with E-state index in [0.29, 0.717) is 19.3 Å². The van der Waals surface area contributed by atoms with Gasteiger partial charge in [0.2, 0.25) is 5.91 Å². The highest BCUT2D eigenvalue weighted by Gasteiger charge is 2.51. The van der Waals surface area contributed by atoms with Crippen molar-refractivity contribution < 1.29 is 64.6 Å². The lowest BCUT2D eigenvalue weighted by molar-refractivity contribution is -0.359. The SMILES string of the molecule is CCCCCCC/C=C\C/C=C\C/C=C\CCCCCCCCCCC(=O)NC(COC1OC(CO)C(OC2OC(CO)C(O)C(O)C2O)C(O)C1O)C(O)CCCCCCCCCCCCCCCCCCCCCCCCCCCCCCC. The van der Waals surface area contributed by atoms with Crippen molar-refractivity contribution in [2.75, 3.05) is 19.8 Å². The zero-order valence-electron chi connectivity index (χ0n) is 55.1. The Morgan fingerprint density at radius 1 is 0.419 bits per heavy atom. The molecule has 2 saturated heterocycles. The number of carbonyl (C=O) groups is 1. The number of allylic oxidation sites excluding steroid dienone is 6. The first-order chi connectivity index (χ1) is 42.1. The largest absolute Gasteiger partial charge is 0.394 e. The molecule has 86 heavy (non-hydrogen) atoms. The summed E-state index contributed by atoms with van der Waals surface area (Å²) >= 11 is 0. The standard InChI is InChI=1S/C72H135NO13/c1-3-5-7-9-11-13-15-17-19-21-23-25-27-28-29-30-31-32-34-35-37-39-41-43-45-47-49-51-53-55-61(76)60(59-83-71-69(82)67(80)70(63(58-75)85-71)86-72-68(81)66(79)65(78)62(57-74)84-72)73-64(77)56-54-52-50-48-46-44-42-40-38-36-33-26-24-22-20-18-16-14-12-10-8-6-4-2/h16,18,22,24,33,36,60-63,65-72,74-76,78-82H,3-15,17,19-21,23,25-32,34-35,37-59H2,1-2H3,(H,73,77)/b18-16-,24-22-,36-33-. The van der Waals surface area contributed by atoms with Crippen molar-refractivity contribution >= 4 is 5.91 Å². The molecule has 2 aliphatic heterocycles. The third kappa shape index (κ3) is 40.8. The molecule has 0 saturated carbocycles. The first-order valence-electron chi connectivity index (χ1n) is 36.2. The van der Waals surface area contributed by atoms with Crippen LogP contribution in [0.15, 0.2) is 36.5 Å². The Morgan fingerprint density at radius 3 is 1.17 bits per heavy atom. The number of aliphatic hydroxyl groups is 8. The maximum Gasteiger partial charge on any atom is 0.220 e. The molecule has 0 spiro atoms. The molecule has 0 aromatic rings. The maximum absolute atomic E-state index is 13.4. The van der Waals surface area contributed by atoms with Gasteiger partial charge in [0.25, 0.3) is 0 Å². The van der Waals surface area contributed by atoms with Crippen molar-refractivity contribution in [2.24, 2.45) is 0 Å². The highest BCUT2D eigenvalue weighted by molar-refractivity contribution is 5.76. The predicted octanol–water partition coefficient (Wildman–Crippen LogP) is 14.9. The number of ether oxygens (including phenoxy) is 4. The summed E-state index contributed by atoms with van der Waals surface area (Å²) < 4.78 is 22.9. The first-order valence-corrected chi connectivity index (χ1v) is 36.2. The Balaban J connectivity index is 1.66. The van der Waals surface area contributed by atoms with Gasteiger partial charge in [-0.1, -0.05) is 301 Å². The topological polar surface area (TPSA) is 228 Å². The van der Waals surface area contributed by atoms with E-state index < -0.39 is 86.8 Å². The summed E-state index contributed by atoms with van der Waals surface area (Å²) in [6.07, 6.45) is 55.9. The number of nitrogens with one attached hydrogen (secondary N) is 1. The van der Waals surface area contributed by atoms with Crippen LogP contribution in [0.25, 0.3) is 0 Å². The van der Waals surface area contributed by atoms with Crippen LogP contribution in [0.2, 0.25) is 0 Å². The molecule has 12 atom stereocenters. The van der Waals surface area contributed by atoms with Gasteiger partial charge in [-0.3, -0.25) is 4.79 Å². The molecule has 506 valence electrons. The van der Waals surface area contributed by atoms with Gasteiger partial charge in [0.05, 0.1) is 32.0 Å². The molecule has 0 aromatic heterocycles. The van der Waals surface area contributed by atoms with Gasteiger partial charge in [-0.25, -0.2) is 0 Å². The molecule has 0 aromatic carbocycles. The van der Waals surface area contributed by atoms with Crippen LogP contribution >= 0.6 is 0 Å². The maximum atomic E-state index is 13.4. The molecule has 2 heterocycles. The van der Waals surface area contributed by atoms with Gasteiger partial charge in [0.1, 0.15) is 48.8 Å². The summed E-state index contributed by atoms with van der Waals surface area (Å²) in [6, 6.07) is -0.835. The Labute approximate surface area is 525 Å². The third-order valence-corrected chi connectivity index (χ3v) is 17.9. The Morgan fingerprint density at radius 2 is 0.767 bits per heavy atom. The quantitative estimate of drug-likeness (QED) is 0.0204. The molecule has 12 unspecified atom stereocenters. The first kappa shape index (κ1) is 80.3. The van der Waals surface area contributed by atoms with Crippen LogP contribution in [0.5, 0.6) is 0 Å². The summed E-state index contributed by atoms with van der Waals surface area (Å²) in [6.45, 7) is 2.89. The highest BCUT2D eigenvalue weighted by atomic mass is 16.7. The minimum absolute atomic E-state index is 0.210. The van der Waals surface area contributed by atoms with Crippen LogP contribution in [0.3, 0.4) is 0 Å². The summed E-state index contributed by atoms with van der Waals surface area (Å²) in [5.41, 5.74) is 0. The molecule has 14 heteroatoms. The van der Waals surface area contributed by atoms with Crippen LogP contribution in [-0.2, 0) is 23.7 Å². The van der Waals surface area contributed by atoms with Crippen molar-refractivity contribution in [3.8, 4) is 0 Å². The van der Waals surface area contributed by atoms with Crippen LogP contribution in [0, 0.1) is 0 Å². The number of hydrogen-bond donors (Lipinski definition) is 9. The second kappa shape index (κ2) is 57.1. The zero-order valence-corrected chi connectivity index (χ0v) is 55.1. The van der Waals surface area contributed by atoms with Crippen molar-refractivity contribution in [1.82, 2.24) is 5.32 Å². The van der Waals surface area contributed by atoms with E-state index in [1.54, 1.807) is 0 Å². The Kier molecular flexibility index (Phi) is 53.4. The Bertz CT molecular complexity index is 1580. The molecular formula is C72H135NO13. The van der Waals surface area contributed by atoms with Crippen molar-refractivity contribution in [3.63, 3.8) is 0 Å². The van der Waals surface area contributed by atoms with Gasteiger partial charge in [0.15, 0.2) is 12.6 Å². The molecular weight excluding hydrogens is 1090 g/mol. The van der Waals surface area contributed by atoms with Crippen molar-refractivity contribution in [3.05, 3.63) is 36.5 Å². The van der Waals surface area contributed by atoms with Gasteiger partial charge in [-0.15, -0.1) is 0 Å². The summed E-state index contributed by atoms with van der Waals surface area (Å²) in [4.78, 5) is 13.4. The molecule has 2 fully saturated rings. The monoisotopic (exact) mass is 1220 g/mol. The molecule has 2 aliphatic rings.